The monoisotopic (exact) mass is 288 g/mol. The zero-order valence-corrected chi connectivity index (χ0v) is 9.55. The number of nitrogens with zero attached hydrogens (tertiary/aromatic N) is 1. The van der Waals surface area contributed by atoms with Crippen molar-refractivity contribution in [1.82, 2.24) is 9.97 Å². The van der Waals surface area contributed by atoms with E-state index in [1.165, 1.54) is 6.20 Å². The molecule has 2 N–H and O–H groups in total. The van der Waals surface area contributed by atoms with Crippen molar-refractivity contribution in [1.29, 1.82) is 0 Å². The van der Waals surface area contributed by atoms with Crippen LogP contribution in [0.4, 0.5) is 8.78 Å². The number of halogens is 3. The molecule has 1 aromatic heterocycles. The van der Waals surface area contributed by atoms with Crippen molar-refractivity contribution in [3.8, 4) is 11.4 Å². The van der Waals surface area contributed by atoms with Gasteiger partial charge in [0.15, 0.2) is 11.6 Å². The van der Waals surface area contributed by atoms with E-state index in [1.807, 2.05) is 0 Å². The Morgan fingerprint density at radius 3 is 2.62 bits per heavy atom. The fourth-order valence-corrected chi connectivity index (χ4v) is 1.78. The molecule has 3 nitrogen and oxygen atoms in total. The molecule has 0 bridgehead atoms. The van der Waals surface area contributed by atoms with E-state index < -0.39 is 11.6 Å². The highest BCUT2D eigenvalue weighted by molar-refractivity contribution is 9.10. The number of nitrogens with one attached hydrogen (secondary N) is 1. The van der Waals surface area contributed by atoms with E-state index >= 15 is 0 Å². The van der Waals surface area contributed by atoms with E-state index in [0.717, 1.165) is 12.1 Å². The van der Waals surface area contributed by atoms with Crippen LogP contribution in [-0.4, -0.2) is 15.1 Å². The quantitative estimate of drug-likeness (QED) is 0.835. The molecule has 0 aliphatic heterocycles. The molecule has 0 spiro atoms. The Hall–Kier alpha value is -1.27. The summed E-state index contributed by atoms with van der Waals surface area (Å²) in [6.07, 6.45) is 1.43. The summed E-state index contributed by atoms with van der Waals surface area (Å²) in [5.41, 5.74) is 0.908. The van der Waals surface area contributed by atoms with Crippen LogP contribution in [0.3, 0.4) is 0 Å². The molecule has 0 fully saturated rings. The first kappa shape index (κ1) is 11.2. The van der Waals surface area contributed by atoms with Gasteiger partial charge < -0.3 is 10.1 Å². The van der Waals surface area contributed by atoms with Crippen LogP contribution in [0.2, 0.25) is 0 Å². The van der Waals surface area contributed by atoms with Crippen molar-refractivity contribution >= 4 is 15.9 Å². The third-order valence-corrected chi connectivity index (χ3v) is 2.72. The van der Waals surface area contributed by atoms with Gasteiger partial charge in [-0.05, 0) is 28.1 Å². The van der Waals surface area contributed by atoms with Crippen LogP contribution in [0.5, 0.6) is 0 Å². The maximum Gasteiger partial charge on any atom is 0.159 e. The molecular weight excluding hydrogens is 282 g/mol. The lowest BCUT2D eigenvalue weighted by molar-refractivity contribution is 0.277. The first-order chi connectivity index (χ1) is 7.61. The van der Waals surface area contributed by atoms with Crippen molar-refractivity contribution in [2.24, 2.45) is 0 Å². The summed E-state index contributed by atoms with van der Waals surface area (Å²) in [6, 6.07) is 2.07. The van der Waals surface area contributed by atoms with Gasteiger partial charge in [-0.1, -0.05) is 0 Å². The molecule has 0 saturated heterocycles. The molecule has 2 rings (SSSR count). The van der Waals surface area contributed by atoms with Crippen LogP contribution in [0, 0.1) is 11.6 Å². The second kappa shape index (κ2) is 4.31. The molecule has 0 aliphatic rings. The molecule has 0 saturated carbocycles. The van der Waals surface area contributed by atoms with E-state index in [9.17, 15) is 8.78 Å². The van der Waals surface area contributed by atoms with Crippen LogP contribution < -0.4 is 0 Å². The highest BCUT2D eigenvalue weighted by Crippen LogP contribution is 2.28. The Bertz CT molecular complexity index is 528. The first-order valence-corrected chi connectivity index (χ1v) is 5.20. The van der Waals surface area contributed by atoms with Gasteiger partial charge >= 0.3 is 0 Å². The lowest BCUT2D eigenvalue weighted by Crippen LogP contribution is -1.90. The van der Waals surface area contributed by atoms with E-state index in [2.05, 4.69) is 25.9 Å². The van der Waals surface area contributed by atoms with Crippen LogP contribution >= 0.6 is 15.9 Å². The summed E-state index contributed by atoms with van der Waals surface area (Å²) >= 11 is 3.12. The highest BCUT2D eigenvalue weighted by atomic mass is 79.9. The van der Waals surface area contributed by atoms with Gasteiger partial charge in [-0.2, -0.15) is 0 Å². The molecule has 16 heavy (non-hydrogen) atoms. The van der Waals surface area contributed by atoms with Gasteiger partial charge in [-0.25, -0.2) is 13.8 Å². The van der Waals surface area contributed by atoms with Gasteiger partial charge in [0, 0.05) is 10.0 Å². The lowest BCUT2D eigenvalue weighted by Gasteiger charge is -2.02. The Kier molecular flexibility index (Phi) is 3.02. The maximum atomic E-state index is 13.0. The average Bonchev–Trinajstić information content (AvgIpc) is 2.71. The predicted octanol–water partition coefficient (Wildman–Crippen LogP) is 2.61. The van der Waals surface area contributed by atoms with E-state index in [1.54, 1.807) is 0 Å². The molecule has 0 unspecified atom stereocenters. The number of rotatable bonds is 2. The molecule has 84 valence electrons. The Morgan fingerprint density at radius 2 is 2.00 bits per heavy atom. The summed E-state index contributed by atoms with van der Waals surface area (Å²) in [4.78, 5) is 6.74. The number of benzene rings is 1. The van der Waals surface area contributed by atoms with Gasteiger partial charge in [-0.15, -0.1) is 0 Å². The van der Waals surface area contributed by atoms with Crippen LogP contribution in [0.1, 0.15) is 5.69 Å². The smallest absolute Gasteiger partial charge is 0.159 e. The Balaban J connectivity index is 2.51. The van der Waals surface area contributed by atoms with Crippen molar-refractivity contribution in [3.63, 3.8) is 0 Å². The number of hydrogen-bond acceptors (Lipinski definition) is 2. The van der Waals surface area contributed by atoms with E-state index in [0.29, 0.717) is 21.6 Å². The van der Waals surface area contributed by atoms with Crippen molar-refractivity contribution in [2.45, 2.75) is 6.61 Å². The number of aromatic nitrogens is 2. The summed E-state index contributed by atoms with van der Waals surface area (Å²) in [5.74, 6) is -1.50. The number of aromatic amines is 1. The summed E-state index contributed by atoms with van der Waals surface area (Å²) in [5, 5.41) is 8.85. The van der Waals surface area contributed by atoms with Crippen LogP contribution in [0.15, 0.2) is 22.8 Å². The Morgan fingerprint density at radius 1 is 1.31 bits per heavy atom. The number of hydrogen-bond donors (Lipinski definition) is 2. The average molecular weight is 289 g/mol. The lowest BCUT2D eigenvalue weighted by atomic mass is 10.2. The molecule has 6 heteroatoms. The number of H-pyrrole nitrogens is 1. The normalized spacial score (nSPS) is 10.8. The van der Waals surface area contributed by atoms with Crippen molar-refractivity contribution in [2.75, 3.05) is 0 Å². The standard InChI is InChI=1S/C10H7BrF2N2O/c11-7-2-9(13)8(12)1-6(7)10-14-3-5(4-16)15-10/h1-3,16H,4H2,(H,14,15). The van der Waals surface area contributed by atoms with Crippen LogP contribution in [-0.2, 0) is 6.61 Å². The minimum absolute atomic E-state index is 0.186. The SMILES string of the molecule is OCc1cnc(-c2cc(F)c(F)cc2Br)[nH]1. The number of imidazole rings is 1. The number of aliphatic hydroxyl groups is 1. The van der Waals surface area contributed by atoms with E-state index in [-0.39, 0.29) is 6.61 Å². The second-order valence-electron chi connectivity index (χ2n) is 3.16. The molecule has 0 atom stereocenters. The molecule has 2 aromatic rings. The second-order valence-corrected chi connectivity index (χ2v) is 4.02. The Labute approximate surface area is 98.3 Å². The van der Waals surface area contributed by atoms with Crippen LogP contribution in [0.25, 0.3) is 11.4 Å². The van der Waals surface area contributed by atoms with Gasteiger partial charge in [-0.3, -0.25) is 0 Å². The minimum atomic E-state index is -0.944. The molecular formula is C10H7BrF2N2O. The summed E-state index contributed by atoms with van der Waals surface area (Å²) in [6.45, 7) is -0.186. The summed E-state index contributed by atoms with van der Waals surface area (Å²) in [7, 11) is 0. The third-order valence-electron chi connectivity index (χ3n) is 2.06. The molecule has 0 aliphatic carbocycles. The van der Waals surface area contributed by atoms with Crippen molar-refractivity contribution in [3.05, 3.63) is 40.1 Å². The first-order valence-electron chi connectivity index (χ1n) is 4.41. The largest absolute Gasteiger partial charge is 0.390 e. The highest BCUT2D eigenvalue weighted by Gasteiger charge is 2.12. The third kappa shape index (κ3) is 1.98. The zero-order valence-electron chi connectivity index (χ0n) is 7.97. The van der Waals surface area contributed by atoms with Gasteiger partial charge in [0.05, 0.1) is 18.5 Å². The van der Waals surface area contributed by atoms with Gasteiger partial charge in [0.1, 0.15) is 5.82 Å². The fraction of sp³-hybridized carbons (Fsp3) is 0.100. The summed E-state index contributed by atoms with van der Waals surface area (Å²) < 4.78 is 26.3. The topological polar surface area (TPSA) is 48.9 Å². The van der Waals surface area contributed by atoms with Gasteiger partial charge in [0.2, 0.25) is 0 Å². The maximum absolute atomic E-state index is 13.0. The molecule has 1 heterocycles. The number of aliphatic hydroxyl groups excluding tert-OH is 1. The molecule has 0 radical (unpaired) electrons. The zero-order chi connectivity index (χ0) is 11.7. The minimum Gasteiger partial charge on any atom is -0.390 e. The predicted molar refractivity (Wildman–Crippen MR) is 57.6 cm³/mol. The van der Waals surface area contributed by atoms with Gasteiger partial charge in [0.25, 0.3) is 0 Å². The fourth-order valence-electron chi connectivity index (χ4n) is 1.28. The van der Waals surface area contributed by atoms with Crippen molar-refractivity contribution < 1.29 is 13.9 Å². The molecule has 0 amide bonds. The van der Waals surface area contributed by atoms with E-state index in [4.69, 9.17) is 5.11 Å². The molecule has 1 aromatic carbocycles.